The van der Waals surface area contributed by atoms with Crippen molar-refractivity contribution < 1.29 is 5.11 Å². The summed E-state index contributed by atoms with van der Waals surface area (Å²) in [5.74, 6) is 0. The molecule has 0 amide bonds. The number of benzene rings is 2. The van der Waals surface area contributed by atoms with Gasteiger partial charge < -0.3 is 5.11 Å². The minimum Gasteiger partial charge on any atom is -0.388 e. The first-order chi connectivity index (χ1) is 8.66. The molecule has 1 N–H and O–H groups in total. The van der Waals surface area contributed by atoms with Crippen LogP contribution in [0.1, 0.15) is 29.2 Å². The summed E-state index contributed by atoms with van der Waals surface area (Å²) in [4.78, 5) is 0. The lowest BCUT2D eigenvalue weighted by Crippen LogP contribution is -2.00. The van der Waals surface area contributed by atoms with Gasteiger partial charge in [0.1, 0.15) is 0 Å². The second kappa shape index (κ2) is 6.03. The molecule has 2 aromatic rings. The number of rotatable bonds is 4. The van der Waals surface area contributed by atoms with E-state index in [4.69, 9.17) is 11.6 Å². The summed E-state index contributed by atoms with van der Waals surface area (Å²) in [6, 6.07) is 15.9. The molecule has 1 atom stereocenters. The first kappa shape index (κ1) is 13.1. The summed E-state index contributed by atoms with van der Waals surface area (Å²) in [6.45, 7) is 2.07. The fourth-order valence-electron chi connectivity index (χ4n) is 1.96. The molecule has 0 saturated carbocycles. The van der Waals surface area contributed by atoms with Gasteiger partial charge in [-0.3, -0.25) is 0 Å². The lowest BCUT2D eigenvalue weighted by Gasteiger charge is -2.12. The Kier molecular flexibility index (Phi) is 4.40. The largest absolute Gasteiger partial charge is 0.388 e. The number of aliphatic hydroxyl groups excluding tert-OH is 1. The zero-order valence-electron chi connectivity index (χ0n) is 10.4. The van der Waals surface area contributed by atoms with Gasteiger partial charge in [0.05, 0.1) is 6.10 Å². The second-order valence-electron chi connectivity index (χ2n) is 4.56. The SMILES string of the molecule is Cc1ccc(CCC(O)c2ccccc2Cl)cc1. The zero-order valence-corrected chi connectivity index (χ0v) is 11.2. The second-order valence-corrected chi connectivity index (χ2v) is 4.97. The van der Waals surface area contributed by atoms with E-state index < -0.39 is 6.10 Å². The lowest BCUT2D eigenvalue weighted by molar-refractivity contribution is 0.168. The topological polar surface area (TPSA) is 20.2 Å². The van der Waals surface area contributed by atoms with E-state index in [2.05, 4.69) is 31.2 Å². The summed E-state index contributed by atoms with van der Waals surface area (Å²) in [5.41, 5.74) is 3.31. The molecule has 1 unspecified atom stereocenters. The smallest absolute Gasteiger partial charge is 0.0807 e. The summed E-state index contributed by atoms with van der Waals surface area (Å²) in [7, 11) is 0. The molecule has 0 radical (unpaired) electrons. The number of halogens is 1. The molecule has 0 heterocycles. The van der Waals surface area contributed by atoms with Crippen molar-refractivity contribution >= 4 is 11.6 Å². The van der Waals surface area contributed by atoms with Crippen LogP contribution in [0, 0.1) is 6.92 Å². The zero-order chi connectivity index (χ0) is 13.0. The molecule has 94 valence electrons. The maximum absolute atomic E-state index is 10.1. The van der Waals surface area contributed by atoms with Crippen LogP contribution >= 0.6 is 11.6 Å². The van der Waals surface area contributed by atoms with Crippen LogP contribution in [0.3, 0.4) is 0 Å². The lowest BCUT2D eigenvalue weighted by atomic mass is 10.0. The number of hydrogen-bond donors (Lipinski definition) is 1. The fourth-order valence-corrected chi connectivity index (χ4v) is 2.22. The third-order valence-corrected chi connectivity index (χ3v) is 3.44. The van der Waals surface area contributed by atoms with Gasteiger partial charge in [-0.2, -0.15) is 0 Å². The van der Waals surface area contributed by atoms with Crippen molar-refractivity contribution in [1.29, 1.82) is 0 Å². The van der Waals surface area contributed by atoms with E-state index in [1.165, 1.54) is 11.1 Å². The number of aliphatic hydroxyl groups is 1. The number of hydrogen-bond acceptors (Lipinski definition) is 1. The Morgan fingerprint density at radius 1 is 1.06 bits per heavy atom. The minimum atomic E-state index is -0.500. The van der Waals surface area contributed by atoms with Crippen molar-refractivity contribution in [3.63, 3.8) is 0 Å². The van der Waals surface area contributed by atoms with Crippen molar-refractivity contribution in [2.45, 2.75) is 25.9 Å². The molecule has 2 rings (SSSR count). The normalized spacial score (nSPS) is 12.4. The predicted octanol–water partition coefficient (Wildman–Crippen LogP) is 4.31. The highest BCUT2D eigenvalue weighted by atomic mass is 35.5. The summed E-state index contributed by atoms with van der Waals surface area (Å²) >= 11 is 6.06. The average Bonchev–Trinajstić information content (AvgIpc) is 2.38. The molecule has 18 heavy (non-hydrogen) atoms. The highest BCUT2D eigenvalue weighted by molar-refractivity contribution is 6.31. The van der Waals surface area contributed by atoms with Gasteiger partial charge in [-0.15, -0.1) is 0 Å². The van der Waals surface area contributed by atoms with Gasteiger partial charge in [-0.05, 0) is 37.0 Å². The van der Waals surface area contributed by atoms with Gasteiger partial charge in [0.25, 0.3) is 0 Å². The molecule has 0 fully saturated rings. The fraction of sp³-hybridized carbons (Fsp3) is 0.250. The van der Waals surface area contributed by atoms with Crippen LogP contribution < -0.4 is 0 Å². The molecular weight excluding hydrogens is 244 g/mol. The highest BCUT2D eigenvalue weighted by Gasteiger charge is 2.10. The molecule has 0 aliphatic heterocycles. The van der Waals surface area contributed by atoms with Crippen LogP contribution in [0.25, 0.3) is 0 Å². The summed E-state index contributed by atoms with van der Waals surface area (Å²) in [5, 5.41) is 10.8. The molecule has 0 aromatic heterocycles. The molecule has 0 spiro atoms. The van der Waals surface area contributed by atoms with Crippen molar-refractivity contribution in [2.75, 3.05) is 0 Å². The van der Waals surface area contributed by atoms with Crippen molar-refractivity contribution in [3.05, 3.63) is 70.2 Å². The van der Waals surface area contributed by atoms with Crippen LogP contribution in [0.5, 0.6) is 0 Å². The van der Waals surface area contributed by atoms with E-state index in [1.54, 1.807) is 0 Å². The van der Waals surface area contributed by atoms with Crippen LogP contribution in [-0.4, -0.2) is 5.11 Å². The first-order valence-corrected chi connectivity index (χ1v) is 6.52. The van der Waals surface area contributed by atoms with Crippen molar-refractivity contribution in [1.82, 2.24) is 0 Å². The van der Waals surface area contributed by atoms with E-state index in [0.29, 0.717) is 11.4 Å². The number of aryl methyl sites for hydroxylation is 2. The van der Waals surface area contributed by atoms with E-state index in [0.717, 1.165) is 12.0 Å². The molecule has 2 heteroatoms. The van der Waals surface area contributed by atoms with E-state index in [-0.39, 0.29) is 0 Å². The van der Waals surface area contributed by atoms with Gasteiger partial charge in [0, 0.05) is 5.02 Å². The minimum absolute atomic E-state index is 0.500. The van der Waals surface area contributed by atoms with Crippen LogP contribution in [-0.2, 0) is 6.42 Å². The first-order valence-electron chi connectivity index (χ1n) is 6.15. The molecule has 1 nitrogen and oxygen atoms in total. The Labute approximate surface area is 113 Å². The Bertz CT molecular complexity index is 505. The predicted molar refractivity (Wildman–Crippen MR) is 75.9 cm³/mol. The average molecular weight is 261 g/mol. The molecule has 2 aromatic carbocycles. The quantitative estimate of drug-likeness (QED) is 0.868. The van der Waals surface area contributed by atoms with Gasteiger partial charge in [0.2, 0.25) is 0 Å². The van der Waals surface area contributed by atoms with Crippen LogP contribution in [0.15, 0.2) is 48.5 Å². The Hall–Kier alpha value is -1.31. The van der Waals surface area contributed by atoms with Gasteiger partial charge in [-0.25, -0.2) is 0 Å². The Balaban J connectivity index is 1.98. The van der Waals surface area contributed by atoms with Crippen LogP contribution in [0.4, 0.5) is 0 Å². The Morgan fingerprint density at radius 3 is 2.39 bits per heavy atom. The molecule has 0 aliphatic carbocycles. The van der Waals surface area contributed by atoms with Gasteiger partial charge in [0.15, 0.2) is 0 Å². The van der Waals surface area contributed by atoms with Gasteiger partial charge >= 0.3 is 0 Å². The molecule has 0 saturated heterocycles. The third kappa shape index (κ3) is 3.34. The van der Waals surface area contributed by atoms with E-state index >= 15 is 0 Å². The highest BCUT2D eigenvalue weighted by Crippen LogP contribution is 2.25. The molecule has 0 aliphatic rings. The maximum atomic E-state index is 10.1. The maximum Gasteiger partial charge on any atom is 0.0807 e. The van der Waals surface area contributed by atoms with E-state index in [1.807, 2.05) is 24.3 Å². The molecular formula is C16H17ClO. The monoisotopic (exact) mass is 260 g/mol. The van der Waals surface area contributed by atoms with Crippen LogP contribution in [0.2, 0.25) is 5.02 Å². The van der Waals surface area contributed by atoms with Crippen molar-refractivity contribution in [2.24, 2.45) is 0 Å². The third-order valence-electron chi connectivity index (χ3n) is 3.09. The summed E-state index contributed by atoms with van der Waals surface area (Å²) < 4.78 is 0. The molecule has 0 bridgehead atoms. The van der Waals surface area contributed by atoms with Crippen molar-refractivity contribution in [3.8, 4) is 0 Å². The Morgan fingerprint density at radius 2 is 1.72 bits per heavy atom. The summed E-state index contributed by atoms with van der Waals surface area (Å²) in [6.07, 6.45) is 1.04. The van der Waals surface area contributed by atoms with Gasteiger partial charge in [-0.1, -0.05) is 59.6 Å². The van der Waals surface area contributed by atoms with E-state index in [9.17, 15) is 5.11 Å². The standard InChI is InChI=1S/C16H17ClO/c1-12-6-8-13(9-7-12)10-11-16(18)14-4-2-3-5-15(14)17/h2-9,16,18H,10-11H2,1H3.